The average Bonchev–Trinajstić information content (AvgIpc) is 2.15. The van der Waals surface area contributed by atoms with Crippen molar-refractivity contribution >= 4 is 5.97 Å². The van der Waals surface area contributed by atoms with Gasteiger partial charge in [-0.25, -0.2) is 13.6 Å². The lowest BCUT2D eigenvalue weighted by Crippen LogP contribution is -2.21. The number of aromatic nitrogens is 1. The van der Waals surface area contributed by atoms with Crippen LogP contribution in [0.2, 0.25) is 0 Å². The zero-order chi connectivity index (χ0) is 10.7. The van der Waals surface area contributed by atoms with E-state index in [1.54, 1.807) is 0 Å². The Bertz CT molecular complexity index is 343. The molecule has 1 heterocycles. The number of aliphatic carboxylic acids is 1. The number of carboxylic acid groups (broad SMARTS) is 1. The van der Waals surface area contributed by atoms with E-state index < -0.39 is 23.9 Å². The molecule has 14 heavy (non-hydrogen) atoms. The maximum atomic E-state index is 13.0. The average molecular weight is 201 g/mol. The summed E-state index contributed by atoms with van der Waals surface area (Å²) in [5.74, 6) is -3.07. The quantitative estimate of drug-likeness (QED) is 0.810. The van der Waals surface area contributed by atoms with Crippen LogP contribution in [0.4, 0.5) is 8.78 Å². The van der Waals surface area contributed by atoms with E-state index in [0.29, 0.717) is 0 Å². The van der Waals surface area contributed by atoms with Crippen molar-refractivity contribution in [3.8, 4) is 0 Å². The topological polar surface area (TPSA) is 50.2 Å². The molecule has 0 saturated heterocycles. The minimum absolute atomic E-state index is 0.236. The minimum Gasteiger partial charge on any atom is -0.479 e. The lowest BCUT2D eigenvalue weighted by molar-refractivity contribution is -0.143. The van der Waals surface area contributed by atoms with Gasteiger partial charge in [-0.15, -0.1) is 0 Å². The van der Waals surface area contributed by atoms with Gasteiger partial charge in [0, 0.05) is 12.1 Å². The molecule has 1 N–H and O–H groups in total. The van der Waals surface area contributed by atoms with Crippen molar-refractivity contribution in [3.63, 3.8) is 0 Å². The van der Waals surface area contributed by atoms with E-state index in [1.807, 2.05) is 0 Å². The molecule has 2 atom stereocenters. The van der Waals surface area contributed by atoms with Crippen molar-refractivity contribution in [2.75, 3.05) is 0 Å². The third-order valence-electron chi connectivity index (χ3n) is 1.93. The van der Waals surface area contributed by atoms with Gasteiger partial charge in [-0.1, -0.05) is 6.92 Å². The Balaban J connectivity index is 2.89. The number of halogens is 2. The monoisotopic (exact) mass is 201 g/mol. The predicted molar refractivity (Wildman–Crippen MR) is 45.1 cm³/mol. The summed E-state index contributed by atoms with van der Waals surface area (Å²) in [6.45, 7) is 1.37. The molecule has 1 aromatic heterocycles. The van der Waals surface area contributed by atoms with Crippen LogP contribution in [0.5, 0.6) is 0 Å². The zero-order valence-corrected chi connectivity index (χ0v) is 7.45. The van der Waals surface area contributed by atoms with Crippen LogP contribution in [0.1, 0.15) is 18.4 Å². The van der Waals surface area contributed by atoms with Gasteiger partial charge in [0.2, 0.25) is 6.17 Å². The standard InChI is InChI=1S/C9H9F2NO2/c1-5(8(11)9(13)14)6-2-7(10)4-12-3-6/h2-5,8H,1H3,(H,13,14). The molecular weight excluding hydrogens is 192 g/mol. The van der Waals surface area contributed by atoms with E-state index in [0.717, 1.165) is 12.3 Å². The summed E-state index contributed by atoms with van der Waals surface area (Å²) in [4.78, 5) is 13.8. The summed E-state index contributed by atoms with van der Waals surface area (Å²) in [6, 6.07) is 1.08. The zero-order valence-electron chi connectivity index (χ0n) is 7.45. The van der Waals surface area contributed by atoms with Crippen molar-refractivity contribution < 1.29 is 18.7 Å². The molecule has 0 aliphatic heterocycles. The van der Waals surface area contributed by atoms with E-state index in [9.17, 15) is 13.6 Å². The number of rotatable bonds is 3. The number of nitrogens with zero attached hydrogens (tertiary/aromatic N) is 1. The molecule has 0 spiro atoms. The molecule has 0 radical (unpaired) electrons. The molecule has 2 unspecified atom stereocenters. The van der Waals surface area contributed by atoms with Gasteiger partial charge < -0.3 is 5.11 Å². The molecular formula is C9H9F2NO2. The number of hydrogen-bond donors (Lipinski definition) is 1. The maximum Gasteiger partial charge on any atom is 0.338 e. The van der Waals surface area contributed by atoms with Crippen LogP contribution in [0.3, 0.4) is 0 Å². The van der Waals surface area contributed by atoms with Crippen LogP contribution < -0.4 is 0 Å². The smallest absolute Gasteiger partial charge is 0.338 e. The molecule has 0 saturated carbocycles. The van der Waals surface area contributed by atoms with Crippen LogP contribution >= 0.6 is 0 Å². The third kappa shape index (κ3) is 2.25. The fourth-order valence-corrected chi connectivity index (χ4v) is 1.06. The maximum absolute atomic E-state index is 13.0. The number of alkyl halides is 1. The predicted octanol–water partition coefficient (Wildman–Crippen LogP) is 1.75. The van der Waals surface area contributed by atoms with E-state index in [4.69, 9.17) is 5.11 Å². The second-order valence-electron chi connectivity index (χ2n) is 2.97. The number of carboxylic acids is 1. The molecule has 1 rings (SSSR count). The largest absolute Gasteiger partial charge is 0.479 e. The fourth-order valence-electron chi connectivity index (χ4n) is 1.06. The molecule has 1 aromatic rings. The summed E-state index contributed by atoms with van der Waals surface area (Å²) in [6.07, 6.45) is 0.187. The van der Waals surface area contributed by atoms with Gasteiger partial charge >= 0.3 is 5.97 Å². The van der Waals surface area contributed by atoms with Crippen LogP contribution in [-0.2, 0) is 4.79 Å². The molecule has 0 aromatic carbocycles. The molecule has 0 bridgehead atoms. The summed E-state index contributed by atoms with van der Waals surface area (Å²) < 4.78 is 25.6. The normalized spacial score (nSPS) is 14.8. The van der Waals surface area contributed by atoms with E-state index >= 15 is 0 Å². The van der Waals surface area contributed by atoms with E-state index in [1.165, 1.54) is 13.1 Å². The van der Waals surface area contributed by atoms with E-state index in [-0.39, 0.29) is 5.56 Å². The number of hydrogen-bond acceptors (Lipinski definition) is 2. The molecule has 0 fully saturated rings. The van der Waals surface area contributed by atoms with Gasteiger partial charge in [0.05, 0.1) is 6.20 Å². The lowest BCUT2D eigenvalue weighted by Gasteiger charge is -2.12. The molecule has 76 valence electrons. The van der Waals surface area contributed by atoms with Crippen LogP contribution in [-0.4, -0.2) is 22.2 Å². The Morgan fingerprint density at radius 1 is 1.57 bits per heavy atom. The second-order valence-corrected chi connectivity index (χ2v) is 2.97. The molecule has 0 aliphatic rings. The van der Waals surface area contributed by atoms with E-state index in [2.05, 4.69) is 4.98 Å². The minimum atomic E-state index is -2.04. The highest BCUT2D eigenvalue weighted by Crippen LogP contribution is 2.21. The molecule has 0 aliphatic carbocycles. The number of pyridine rings is 1. The van der Waals surface area contributed by atoms with Gasteiger partial charge in [-0.2, -0.15) is 0 Å². The first-order valence-corrected chi connectivity index (χ1v) is 3.99. The SMILES string of the molecule is CC(c1cncc(F)c1)C(F)C(=O)O. The molecule has 5 heteroatoms. The van der Waals surface area contributed by atoms with Crippen molar-refractivity contribution in [1.29, 1.82) is 0 Å². The summed E-state index contributed by atoms with van der Waals surface area (Å²) >= 11 is 0. The second kappa shape index (κ2) is 4.13. The van der Waals surface area contributed by atoms with Gasteiger partial charge in [0.1, 0.15) is 5.82 Å². The van der Waals surface area contributed by atoms with Crippen LogP contribution in [0.15, 0.2) is 18.5 Å². The van der Waals surface area contributed by atoms with Crippen molar-refractivity contribution in [3.05, 3.63) is 29.8 Å². The Morgan fingerprint density at radius 3 is 2.71 bits per heavy atom. The first kappa shape index (κ1) is 10.6. The first-order chi connectivity index (χ1) is 6.52. The van der Waals surface area contributed by atoms with Gasteiger partial charge in [-0.3, -0.25) is 4.98 Å². The lowest BCUT2D eigenvalue weighted by atomic mass is 9.98. The molecule has 0 amide bonds. The third-order valence-corrected chi connectivity index (χ3v) is 1.93. The highest BCUT2D eigenvalue weighted by molar-refractivity contribution is 5.73. The van der Waals surface area contributed by atoms with Gasteiger partial charge in [0.15, 0.2) is 0 Å². The summed E-state index contributed by atoms with van der Waals surface area (Å²) in [7, 11) is 0. The van der Waals surface area contributed by atoms with Crippen LogP contribution in [0, 0.1) is 5.82 Å². The Hall–Kier alpha value is -1.52. The van der Waals surface area contributed by atoms with Gasteiger partial charge in [0.25, 0.3) is 0 Å². The van der Waals surface area contributed by atoms with Crippen LogP contribution in [0.25, 0.3) is 0 Å². The summed E-state index contributed by atoms with van der Waals surface area (Å²) in [5, 5.41) is 8.39. The Labute approximate surface area is 79.4 Å². The molecule has 3 nitrogen and oxygen atoms in total. The fraction of sp³-hybridized carbons (Fsp3) is 0.333. The number of carbonyl (C=O) groups is 1. The highest BCUT2D eigenvalue weighted by Gasteiger charge is 2.25. The Morgan fingerprint density at radius 2 is 2.21 bits per heavy atom. The van der Waals surface area contributed by atoms with Crippen molar-refractivity contribution in [2.24, 2.45) is 0 Å². The summed E-state index contributed by atoms with van der Waals surface area (Å²) in [5.41, 5.74) is 0.236. The van der Waals surface area contributed by atoms with Gasteiger partial charge in [-0.05, 0) is 11.6 Å². The van der Waals surface area contributed by atoms with Crippen molar-refractivity contribution in [1.82, 2.24) is 4.98 Å². The highest BCUT2D eigenvalue weighted by atomic mass is 19.1. The first-order valence-electron chi connectivity index (χ1n) is 3.99. The van der Waals surface area contributed by atoms with Crippen molar-refractivity contribution in [2.45, 2.75) is 19.0 Å². The Kier molecular flexibility index (Phi) is 3.11.